The Hall–Kier alpha value is -0.610. The Labute approximate surface area is 84.6 Å². The zero-order valence-electron chi connectivity index (χ0n) is 8.86. The summed E-state index contributed by atoms with van der Waals surface area (Å²) in [6.45, 7) is 4.20. The summed E-state index contributed by atoms with van der Waals surface area (Å²) in [5.74, 6) is 0.384. The smallest absolute Gasteiger partial charge is 0.213 e. The molecule has 1 heterocycles. The summed E-state index contributed by atoms with van der Waals surface area (Å²) in [5.41, 5.74) is -0.553. The van der Waals surface area contributed by atoms with E-state index in [0.717, 1.165) is 12.8 Å². The number of hydrogen-bond acceptors (Lipinski definition) is 4. The van der Waals surface area contributed by atoms with Crippen LogP contribution in [0.2, 0.25) is 0 Å². The summed E-state index contributed by atoms with van der Waals surface area (Å²) in [7, 11) is 0. The van der Waals surface area contributed by atoms with Gasteiger partial charge in [-0.3, -0.25) is 0 Å². The predicted molar refractivity (Wildman–Crippen MR) is 54.4 cm³/mol. The van der Waals surface area contributed by atoms with Gasteiger partial charge in [-0.2, -0.15) is 0 Å². The monoisotopic (exact) mass is 201 g/mol. The van der Waals surface area contributed by atoms with Crippen molar-refractivity contribution in [3.8, 4) is 0 Å². The summed E-state index contributed by atoms with van der Waals surface area (Å²) in [5, 5.41) is 18.7. The van der Waals surface area contributed by atoms with Crippen molar-refractivity contribution in [3.05, 3.63) is 0 Å². The number of ether oxygens (including phenoxy) is 1. The van der Waals surface area contributed by atoms with E-state index in [1.807, 2.05) is 6.92 Å². The molecule has 14 heavy (non-hydrogen) atoms. The van der Waals surface area contributed by atoms with Crippen LogP contribution in [-0.2, 0) is 4.74 Å². The van der Waals surface area contributed by atoms with Crippen molar-refractivity contribution in [2.24, 2.45) is 4.99 Å². The summed E-state index contributed by atoms with van der Waals surface area (Å²) in [4.78, 5) is 4.19. The Bertz CT molecular complexity index is 217. The molecule has 0 saturated heterocycles. The molecule has 0 fully saturated rings. The molecule has 0 bridgehead atoms. The van der Waals surface area contributed by atoms with Gasteiger partial charge < -0.3 is 14.9 Å². The average molecular weight is 201 g/mol. The summed E-state index contributed by atoms with van der Waals surface area (Å²) in [6.07, 6.45) is 2.07. The molecule has 1 aliphatic heterocycles. The van der Waals surface area contributed by atoms with E-state index in [9.17, 15) is 5.11 Å². The van der Waals surface area contributed by atoms with Gasteiger partial charge in [-0.1, -0.05) is 19.8 Å². The Morgan fingerprint density at radius 2 is 2.36 bits per heavy atom. The Kier molecular flexibility index (Phi) is 3.89. The van der Waals surface area contributed by atoms with Crippen LogP contribution in [-0.4, -0.2) is 41.0 Å². The van der Waals surface area contributed by atoms with Crippen LogP contribution in [0.3, 0.4) is 0 Å². The summed E-state index contributed by atoms with van der Waals surface area (Å²) in [6, 6.07) is 0. The van der Waals surface area contributed by atoms with Crippen molar-refractivity contribution in [1.29, 1.82) is 0 Å². The lowest BCUT2D eigenvalue weighted by Crippen LogP contribution is -2.28. The molecule has 0 amide bonds. The van der Waals surface area contributed by atoms with Gasteiger partial charge in [0.2, 0.25) is 5.90 Å². The highest BCUT2D eigenvalue weighted by atomic mass is 16.5. The average Bonchev–Trinajstić information content (AvgIpc) is 2.58. The lowest BCUT2D eigenvalue weighted by molar-refractivity contribution is 0.153. The Morgan fingerprint density at radius 1 is 1.64 bits per heavy atom. The first kappa shape index (κ1) is 11.5. The van der Waals surface area contributed by atoms with Crippen LogP contribution in [0, 0.1) is 0 Å². The lowest BCUT2D eigenvalue weighted by atomic mass is 10.1. The molecule has 0 radical (unpaired) electrons. The van der Waals surface area contributed by atoms with Gasteiger partial charge in [0.15, 0.2) is 0 Å². The number of aliphatic hydroxyl groups is 2. The van der Waals surface area contributed by atoms with Crippen molar-refractivity contribution in [2.45, 2.75) is 44.8 Å². The minimum absolute atomic E-state index is 0.0446. The topological polar surface area (TPSA) is 62.1 Å². The van der Waals surface area contributed by atoms with E-state index < -0.39 is 11.6 Å². The molecule has 82 valence electrons. The van der Waals surface area contributed by atoms with Crippen LogP contribution < -0.4 is 0 Å². The van der Waals surface area contributed by atoms with Gasteiger partial charge in [-0.25, -0.2) is 4.99 Å². The van der Waals surface area contributed by atoms with Crippen molar-refractivity contribution >= 4 is 5.90 Å². The molecule has 4 heteroatoms. The molecule has 0 saturated carbocycles. The van der Waals surface area contributed by atoms with Gasteiger partial charge in [0.25, 0.3) is 0 Å². The molecule has 0 aromatic rings. The highest BCUT2D eigenvalue weighted by molar-refractivity contribution is 5.82. The predicted octanol–water partition coefficient (Wildman–Crippen LogP) is 0.717. The van der Waals surface area contributed by atoms with Crippen molar-refractivity contribution in [2.75, 3.05) is 13.2 Å². The molecule has 2 unspecified atom stereocenters. The van der Waals surface area contributed by atoms with E-state index in [-0.39, 0.29) is 6.61 Å². The fraction of sp³-hybridized carbons (Fsp3) is 0.900. The standard InChI is InChI=1S/C10H19NO3/c1-3-4-5-8(13)9-11-10(2,6-12)7-14-9/h8,12-13H,3-7H2,1-2H3. The quantitative estimate of drug-likeness (QED) is 0.689. The number of rotatable bonds is 5. The van der Waals surface area contributed by atoms with E-state index in [1.54, 1.807) is 0 Å². The van der Waals surface area contributed by atoms with E-state index >= 15 is 0 Å². The maximum absolute atomic E-state index is 9.67. The number of nitrogens with zero attached hydrogens (tertiary/aromatic N) is 1. The first-order valence-electron chi connectivity index (χ1n) is 5.13. The molecule has 0 aromatic heterocycles. The SMILES string of the molecule is CCCCC(O)C1=NC(C)(CO)CO1. The zero-order valence-corrected chi connectivity index (χ0v) is 8.86. The molecule has 2 N–H and O–H groups in total. The van der Waals surface area contributed by atoms with Crippen LogP contribution in [0.5, 0.6) is 0 Å². The number of aliphatic imine (C=N–C) groups is 1. The molecular weight excluding hydrogens is 182 g/mol. The second-order valence-electron chi connectivity index (χ2n) is 4.05. The molecule has 4 nitrogen and oxygen atoms in total. The molecule has 2 atom stereocenters. The third-order valence-corrected chi connectivity index (χ3v) is 2.37. The largest absolute Gasteiger partial charge is 0.476 e. The van der Waals surface area contributed by atoms with Crippen LogP contribution in [0.4, 0.5) is 0 Å². The minimum Gasteiger partial charge on any atom is -0.476 e. The second-order valence-corrected chi connectivity index (χ2v) is 4.05. The van der Waals surface area contributed by atoms with Gasteiger partial charge in [-0.15, -0.1) is 0 Å². The Morgan fingerprint density at radius 3 is 2.86 bits per heavy atom. The summed E-state index contributed by atoms with van der Waals surface area (Å²) < 4.78 is 5.26. The van der Waals surface area contributed by atoms with Gasteiger partial charge in [0.05, 0.1) is 6.61 Å². The van der Waals surface area contributed by atoms with Gasteiger partial charge >= 0.3 is 0 Å². The van der Waals surface area contributed by atoms with Gasteiger partial charge in [-0.05, 0) is 13.3 Å². The third kappa shape index (κ3) is 2.69. The Balaban J connectivity index is 2.49. The normalized spacial score (nSPS) is 28.4. The van der Waals surface area contributed by atoms with E-state index in [4.69, 9.17) is 9.84 Å². The fourth-order valence-electron chi connectivity index (χ4n) is 1.33. The molecule has 1 aliphatic rings. The van der Waals surface area contributed by atoms with E-state index in [1.165, 1.54) is 0 Å². The van der Waals surface area contributed by atoms with E-state index in [0.29, 0.717) is 18.9 Å². The molecule has 0 aliphatic carbocycles. The molecule has 0 aromatic carbocycles. The molecule has 1 rings (SSSR count). The highest BCUT2D eigenvalue weighted by Crippen LogP contribution is 2.20. The first-order chi connectivity index (χ1) is 6.61. The number of hydrogen-bond donors (Lipinski definition) is 2. The maximum atomic E-state index is 9.67. The number of unbranched alkanes of at least 4 members (excludes halogenated alkanes) is 1. The summed E-state index contributed by atoms with van der Waals surface area (Å²) >= 11 is 0. The fourth-order valence-corrected chi connectivity index (χ4v) is 1.33. The van der Waals surface area contributed by atoms with E-state index in [2.05, 4.69) is 11.9 Å². The van der Waals surface area contributed by atoms with Crippen molar-refractivity contribution in [1.82, 2.24) is 0 Å². The third-order valence-electron chi connectivity index (χ3n) is 2.37. The van der Waals surface area contributed by atoms with Crippen LogP contribution in [0.1, 0.15) is 33.1 Å². The van der Waals surface area contributed by atoms with Crippen molar-refractivity contribution < 1.29 is 14.9 Å². The minimum atomic E-state index is -0.608. The van der Waals surface area contributed by atoms with Crippen LogP contribution in [0.15, 0.2) is 4.99 Å². The molecular formula is C10H19NO3. The lowest BCUT2D eigenvalue weighted by Gasteiger charge is -2.12. The second kappa shape index (κ2) is 4.75. The maximum Gasteiger partial charge on any atom is 0.213 e. The highest BCUT2D eigenvalue weighted by Gasteiger charge is 2.33. The zero-order chi connectivity index (χ0) is 10.6. The number of aliphatic hydroxyl groups excluding tert-OH is 2. The van der Waals surface area contributed by atoms with Crippen molar-refractivity contribution in [3.63, 3.8) is 0 Å². The first-order valence-corrected chi connectivity index (χ1v) is 5.13. The van der Waals surface area contributed by atoms with Crippen LogP contribution in [0.25, 0.3) is 0 Å². The van der Waals surface area contributed by atoms with Gasteiger partial charge in [0, 0.05) is 0 Å². The van der Waals surface area contributed by atoms with Gasteiger partial charge in [0.1, 0.15) is 18.2 Å². The molecule has 0 spiro atoms. The van der Waals surface area contributed by atoms with Crippen LogP contribution >= 0.6 is 0 Å².